The van der Waals surface area contributed by atoms with E-state index in [1.165, 1.54) is 193 Å². The van der Waals surface area contributed by atoms with E-state index in [4.69, 9.17) is 4.52 Å². The second-order valence-corrected chi connectivity index (χ2v) is 16.0. The molecule has 0 fully saturated rings. The molecule has 0 saturated heterocycles. The highest BCUT2D eigenvalue weighted by atomic mass is 31.2. The van der Waals surface area contributed by atoms with Crippen molar-refractivity contribution in [3.63, 3.8) is 0 Å². The van der Waals surface area contributed by atoms with Crippen molar-refractivity contribution in [1.29, 1.82) is 0 Å². The largest absolute Gasteiger partial charge is 0.405 e. The molecule has 0 rings (SSSR count). The van der Waals surface area contributed by atoms with Crippen LogP contribution in [0, 0.1) is 0 Å². The Bertz CT molecular complexity index is 564. The highest BCUT2D eigenvalue weighted by Gasteiger charge is 2.28. The monoisotopic (exact) mass is 658 g/mol. The van der Waals surface area contributed by atoms with Crippen molar-refractivity contribution >= 4 is 7.75 Å². The van der Waals surface area contributed by atoms with Gasteiger partial charge in [0.05, 0.1) is 6.61 Å². The van der Waals surface area contributed by atoms with Crippen molar-refractivity contribution in [3.8, 4) is 0 Å². The van der Waals surface area contributed by atoms with Crippen molar-refractivity contribution in [1.82, 2.24) is 4.67 Å². The molecule has 0 bridgehead atoms. The zero-order chi connectivity index (χ0) is 32.9. The third kappa shape index (κ3) is 33.8. The van der Waals surface area contributed by atoms with Gasteiger partial charge in [-0.15, -0.1) is 0 Å². The summed E-state index contributed by atoms with van der Waals surface area (Å²) in [5.74, 6) is 0. The Morgan fingerprint density at radius 1 is 0.378 bits per heavy atom. The molecule has 5 heteroatoms. The average Bonchev–Trinajstić information content (AvgIpc) is 3.02. The second kappa shape index (κ2) is 36.9. The van der Waals surface area contributed by atoms with Gasteiger partial charge in [0, 0.05) is 13.1 Å². The van der Waals surface area contributed by atoms with E-state index in [9.17, 15) is 9.46 Å². The Kier molecular flexibility index (Phi) is 37.0. The van der Waals surface area contributed by atoms with Gasteiger partial charge < -0.3 is 4.89 Å². The molecule has 0 aromatic heterocycles. The van der Waals surface area contributed by atoms with Gasteiger partial charge >= 0.3 is 7.75 Å². The molecule has 0 aliphatic rings. The first kappa shape index (κ1) is 45.1. The molecule has 1 atom stereocenters. The first-order valence-electron chi connectivity index (χ1n) is 20.8. The smallest absolute Gasteiger partial charge is 0.312 e. The highest BCUT2D eigenvalue weighted by Crippen LogP contribution is 2.46. The van der Waals surface area contributed by atoms with E-state index >= 15 is 0 Å². The Morgan fingerprint density at radius 2 is 0.578 bits per heavy atom. The minimum absolute atomic E-state index is 0.294. The van der Waals surface area contributed by atoms with Crippen LogP contribution in [-0.4, -0.2) is 29.3 Å². The van der Waals surface area contributed by atoms with Crippen LogP contribution in [0.25, 0.3) is 0 Å². The van der Waals surface area contributed by atoms with Crippen LogP contribution < -0.4 is 0 Å². The van der Waals surface area contributed by atoms with Crippen LogP contribution >= 0.6 is 7.75 Å². The predicted octanol–water partition coefficient (Wildman–Crippen LogP) is 14.7. The van der Waals surface area contributed by atoms with E-state index in [-0.39, 0.29) is 0 Å². The van der Waals surface area contributed by atoms with Crippen LogP contribution in [0.4, 0.5) is 0 Å². The molecule has 0 aliphatic heterocycles. The van der Waals surface area contributed by atoms with Gasteiger partial charge in [0.2, 0.25) is 0 Å². The molecular formula is C40H84NO3P. The third-order valence-electron chi connectivity index (χ3n) is 9.69. The summed E-state index contributed by atoms with van der Waals surface area (Å²) in [4.78, 5) is 10.5. The van der Waals surface area contributed by atoms with Crippen molar-refractivity contribution in [2.24, 2.45) is 0 Å². The van der Waals surface area contributed by atoms with Crippen LogP contribution in [-0.2, 0) is 9.09 Å². The molecule has 45 heavy (non-hydrogen) atoms. The lowest BCUT2D eigenvalue weighted by atomic mass is 10.0. The van der Waals surface area contributed by atoms with E-state index in [1.807, 2.05) is 6.92 Å². The van der Waals surface area contributed by atoms with Crippen LogP contribution in [0.3, 0.4) is 0 Å². The molecule has 272 valence electrons. The first-order valence-corrected chi connectivity index (χ1v) is 22.3. The summed E-state index contributed by atoms with van der Waals surface area (Å²) in [6.07, 6.45) is 46.1. The van der Waals surface area contributed by atoms with Crippen LogP contribution in [0.2, 0.25) is 0 Å². The van der Waals surface area contributed by atoms with Crippen LogP contribution in [0.15, 0.2) is 0 Å². The number of hydrogen-bond acceptors (Lipinski definition) is 2. The molecule has 4 nitrogen and oxygen atoms in total. The molecule has 0 radical (unpaired) electrons. The van der Waals surface area contributed by atoms with Gasteiger partial charge in [0.1, 0.15) is 0 Å². The lowest BCUT2D eigenvalue weighted by molar-refractivity contribution is 0.206. The van der Waals surface area contributed by atoms with Crippen LogP contribution in [0.1, 0.15) is 239 Å². The normalized spacial score (nSPS) is 13.2. The zero-order valence-electron chi connectivity index (χ0n) is 31.3. The van der Waals surface area contributed by atoms with Crippen molar-refractivity contribution < 1.29 is 14.0 Å². The van der Waals surface area contributed by atoms with Crippen LogP contribution in [0.5, 0.6) is 0 Å². The Morgan fingerprint density at radius 3 is 0.778 bits per heavy atom. The van der Waals surface area contributed by atoms with E-state index in [0.29, 0.717) is 19.7 Å². The highest BCUT2D eigenvalue weighted by molar-refractivity contribution is 7.50. The van der Waals surface area contributed by atoms with E-state index in [1.54, 1.807) is 4.67 Å². The second-order valence-electron chi connectivity index (χ2n) is 14.2. The molecule has 1 unspecified atom stereocenters. The maximum absolute atomic E-state index is 12.8. The van der Waals surface area contributed by atoms with Gasteiger partial charge in [-0.3, -0.25) is 4.52 Å². The van der Waals surface area contributed by atoms with Crippen molar-refractivity contribution in [2.45, 2.75) is 239 Å². The van der Waals surface area contributed by atoms with Gasteiger partial charge in [-0.1, -0.05) is 219 Å². The molecule has 0 spiro atoms. The summed E-state index contributed by atoms with van der Waals surface area (Å²) in [5.41, 5.74) is 0. The SMILES string of the molecule is CCCCCCCCCCCCCCCCCCCN(CCCCCCCCCCCCCCCCCCC)P(=O)(O)OCC. The standard InChI is InChI=1S/C40H84NO3P/c1-4-7-9-11-13-15-17-19-21-23-25-27-29-31-33-35-37-39-41(45(42,43)44-6-3)40-38-36-34-32-30-28-26-24-22-20-18-16-14-12-10-8-5-2/h4-40H2,1-3H3,(H,42,43). The fourth-order valence-electron chi connectivity index (χ4n) is 6.65. The Balaban J connectivity index is 3.68. The third-order valence-corrected chi connectivity index (χ3v) is 11.4. The first-order chi connectivity index (χ1) is 22.1. The summed E-state index contributed by atoms with van der Waals surface area (Å²) in [6.45, 7) is 8.06. The van der Waals surface area contributed by atoms with Gasteiger partial charge in [-0.25, -0.2) is 9.24 Å². The quantitative estimate of drug-likeness (QED) is 0.0528. The predicted molar refractivity (Wildman–Crippen MR) is 201 cm³/mol. The maximum atomic E-state index is 12.8. The zero-order valence-corrected chi connectivity index (χ0v) is 32.2. The van der Waals surface area contributed by atoms with Gasteiger partial charge in [-0.05, 0) is 19.8 Å². The topological polar surface area (TPSA) is 49.8 Å². The lowest BCUT2D eigenvalue weighted by Gasteiger charge is -2.26. The summed E-state index contributed by atoms with van der Waals surface area (Å²) in [5, 5.41) is 0. The molecular weight excluding hydrogens is 573 g/mol. The van der Waals surface area contributed by atoms with Crippen molar-refractivity contribution in [3.05, 3.63) is 0 Å². The van der Waals surface area contributed by atoms with Gasteiger partial charge in [0.25, 0.3) is 0 Å². The van der Waals surface area contributed by atoms with E-state index < -0.39 is 7.75 Å². The summed E-state index contributed by atoms with van der Waals surface area (Å²) < 4.78 is 19.8. The minimum atomic E-state index is -3.65. The number of unbranched alkanes of at least 4 members (excludes halogenated alkanes) is 32. The fraction of sp³-hybridized carbons (Fsp3) is 1.00. The molecule has 0 saturated carbocycles. The van der Waals surface area contributed by atoms with Crippen molar-refractivity contribution in [2.75, 3.05) is 19.7 Å². The summed E-state index contributed by atoms with van der Waals surface area (Å²) in [6, 6.07) is 0. The molecule has 0 aliphatic carbocycles. The molecule has 1 N–H and O–H groups in total. The molecule has 0 heterocycles. The Hall–Kier alpha value is 0.110. The summed E-state index contributed by atoms with van der Waals surface area (Å²) >= 11 is 0. The van der Waals surface area contributed by atoms with Gasteiger partial charge in [-0.2, -0.15) is 0 Å². The average molecular weight is 658 g/mol. The molecule has 0 amide bonds. The van der Waals surface area contributed by atoms with E-state index in [0.717, 1.165) is 25.7 Å². The minimum Gasteiger partial charge on any atom is -0.312 e. The van der Waals surface area contributed by atoms with E-state index in [2.05, 4.69) is 13.8 Å². The molecule has 0 aromatic rings. The molecule has 0 aromatic carbocycles. The number of rotatable bonds is 39. The number of nitrogens with zero attached hydrogens (tertiary/aromatic N) is 1. The van der Waals surface area contributed by atoms with Gasteiger partial charge in [0.15, 0.2) is 0 Å². The lowest BCUT2D eigenvalue weighted by Crippen LogP contribution is -2.24. The number of hydrogen-bond donors (Lipinski definition) is 1. The maximum Gasteiger partial charge on any atom is 0.405 e. The Labute approximate surface area is 284 Å². The fourth-order valence-corrected chi connectivity index (χ4v) is 7.94. The summed E-state index contributed by atoms with van der Waals surface area (Å²) in [7, 11) is -3.65.